The van der Waals surface area contributed by atoms with Crippen LogP contribution in [0.25, 0.3) is 0 Å². The van der Waals surface area contributed by atoms with Crippen LogP contribution >= 0.6 is 0 Å². The Balaban J connectivity index is 2.79. The van der Waals surface area contributed by atoms with Gasteiger partial charge in [0.25, 0.3) is 0 Å². The molecule has 0 spiro atoms. The molecule has 0 bridgehead atoms. The van der Waals surface area contributed by atoms with E-state index in [1.54, 1.807) is 0 Å². The number of H-pyrrole nitrogens is 1. The van der Waals surface area contributed by atoms with Crippen LogP contribution in [0.5, 0.6) is 0 Å². The fourth-order valence-electron chi connectivity index (χ4n) is 1.26. The zero-order valence-electron chi connectivity index (χ0n) is 9.13. The standard InChI is InChI=1S/C11H15NO3/c1-11(2,3)5-9(13)7-4-8(10(14)15)12-6-7/h4,6,12H,5H2,1-3H3,(H,14,15). The number of aromatic nitrogens is 1. The number of nitrogens with one attached hydrogen (secondary N) is 1. The minimum Gasteiger partial charge on any atom is -0.477 e. The molecule has 0 aliphatic heterocycles. The zero-order valence-corrected chi connectivity index (χ0v) is 9.13. The topological polar surface area (TPSA) is 70.2 Å². The molecule has 0 fully saturated rings. The van der Waals surface area contributed by atoms with E-state index in [2.05, 4.69) is 4.98 Å². The van der Waals surface area contributed by atoms with Gasteiger partial charge in [0.1, 0.15) is 5.69 Å². The van der Waals surface area contributed by atoms with Crippen molar-refractivity contribution in [3.63, 3.8) is 0 Å². The number of Topliss-reactive ketones (excluding diaryl/α,β-unsaturated/α-hetero) is 1. The fourth-order valence-corrected chi connectivity index (χ4v) is 1.26. The van der Waals surface area contributed by atoms with Gasteiger partial charge in [0.15, 0.2) is 5.78 Å². The van der Waals surface area contributed by atoms with E-state index in [0.717, 1.165) is 0 Å². The van der Waals surface area contributed by atoms with Crippen LogP contribution in [0.4, 0.5) is 0 Å². The number of aromatic carboxylic acids is 1. The number of ketones is 1. The van der Waals surface area contributed by atoms with Crippen molar-refractivity contribution in [3.8, 4) is 0 Å². The smallest absolute Gasteiger partial charge is 0.352 e. The Morgan fingerprint density at radius 2 is 2.00 bits per heavy atom. The Labute approximate surface area is 88.3 Å². The van der Waals surface area contributed by atoms with E-state index in [1.165, 1.54) is 12.3 Å². The number of carboxylic acids is 1. The minimum absolute atomic E-state index is 0.0359. The first-order valence-corrected chi connectivity index (χ1v) is 4.74. The molecule has 1 rings (SSSR count). The summed E-state index contributed by atoms with van der Waals surface area (Å²) < 4.78 is 0. The maximum Gasteiger partial charge on any atom is 0.352 e. The van der Waals surface area contributed by atoms with Crippen molar-refractivity contribution in [1.29, 1.82) is 0 Å². The monoisotopic (exact) mass is 209 g/mol. The molecule has 0 amide bonds. The summed E-state index contributed by atoms with van der Waals surface area (Å²) in [5, 5.41) is 8.67. The maximum atomic E-state index is 11.7. The number of carbonyl (C=O) groups is 2. The van der Waals surface area contributed by atoms with Crippen molar-refractivity contribution in [2.75, 3.05) is 0 Å². The molecule has 0 saturated heterocycles. The largest absolute Gasteiger partial charge is 0.477 e. The number of hydrogen-bond acceptors (Lipinski definition) is 2. The second-order valence-corrected chi connectivity index (χ2v) is 4.77. The highest BCUT2D eigenvalue weighted by Gasteiger charge is 2.19. The molecule has 1 aromatic heterocycles. The first-order chi connectivity index (χ1) is 6.79. The highest BCUT2D eigenvalue weighted by molar-refractivity contribution is 5.98. The molecule has 4 heteroatoms. The van der Waals surface area contributed by atoms with Crippen molar-refractivity contribution < 1.29 is 14.7 Å². The molecular weight excluding hydrogens is 194 g/mol. The summed E-state index contributed by atoms with van der Waals surface area (Å²) in [5.74, 6) is -1.09. The average molecular weight is 209 g/mol. The van der Waals surface area contributed by atoms with Crippen LogP contribution in [0.15, 0.2) is 12.3 Å². The second kappa shape index (κ2) is 3.88. The van der Waals surface area contributed by atoms with Gasteiger partial charge >= 0.3 is 5.97 Å². The molecular formula is C11H15NO3. The number of hydrogen-bond donors (Lipinski definition) is 2. The van der Waals surface area contributed by atoms with E-state index in [4.69, 9.17) is 5.11 Å². The lowest BCUT2D eigenvalue weighted by Crippen LogP contribution is -2.12. The number of carbonyl (C=O) groups excluding carboxylic acids is 1. The van der Waals surface area contributed by atoms with Crippen molar-refractivity contribution in [2.45, 2.75) is 27.2 Å². The van der Waals surface area contributed by atoms with Crippen LogP contribution in [0.2, 0.25) is 0 Å². The van der Waals surface area contributed by atoms with E-state index in [0.29, 0.717) is 12.0 Å². The third kappa shape index (κ3) is 3.23. The zero-order chi connectivity index (χ0) is 11.6. The van der Waals surface area contributed by atoms with E-state index in [9.17, 15) is 9.59 Å². The third-order valence-corrected chi connectivity index (χ3v) is 1.93. The third-order valence-electron chi connectivity index (χ3n) is 1.93. The summed E-state index contributed by atoms with van der Waals surface area (Å²) in [6.07, 6.45) is 1.85. The van der Waals surface area contributed by atoms with Crippen LogP contribution in [-0.2, 0) is 0 Å². The Hall–Kier alpha value is -1.58. The average Bonchev–Trinajstić information content (AvgIpc) is 2.47. The van der Waals surface area contributed by atoms with Gasteiger partial charge < -0.3 is 10.1 Å². The molecule has 0 radical (unpaired) electrons. The summed E-state index contributed by atoms with van der Waals surface area (Å²) in [6.45, 7) is 5.90. The molecule has 0 saturated carbocycles. The molecule has 0 atom stereocenters. The van der Waals surface area contributed by atoms with Crippen LogP contribution < -0.4 is 0 Å². The highest BCUT2D eigenvalue weighted by Crippen LogP contribution is 2.21. The molecule has 0 aliphatic carbocycles. The van der Waals surface area contributed by atoms with Crippen LogP contribution in [0.3, 0.4) is 0 Å². The number of rotatable bonds is 3. The number of carboxylic acid groups (broad SMARTS) is 1. The Kier molecular flexibility index (Phi) is 2.98. The molecule has 4 nitrogen and oxygen atoms in total. The lowest BCUT2D eigenvalue weighted by atomic mass is 9.88. The van der Waals surface area contributed by atoms with Crippen LogP contribution in [-0.4, -0.2) is 21.8 Å². The molecule has 1 heterocycles. The van der Waals surface area contributed by atoms with E-state index < -0.39 is 5.97 Å². The van der Waals surface area contributed by atoms with Crippen molar-refractivity contribution >= 4 is 11.8 Å². The molecule has 2 N–H and O–H groups in total. The van der Waals surface area contributed by atoms with Gasteiger partial charge in [0.05, 0.1) is 0 Å². The molecule has 15 heavy (non-hydrogen) atoms. The SMILES string of the molecule is CC(C)(C)CC(=O)c1c[nH]c(C(=O)O)c1. The van der Waals surface area contributed by atoms with Crippen molar-refractivity contribution in [1.82, 2.24) is 4.98 Å². The first kappa shape index (κ1) is 11.5. The van der Waals surface area contributed by atoms with Crippen molar-refractivity contribution in [2.24, 2.45) is 5.41 Å². The van der Waals surface area contributed by atoms with Crippen LogP contribution in [0.1, 0.15) is 48.0 Å². The predicted molar refractivity (Wildman–Crippen MR) is 56.2 cm³/mol. The molecule has 1 aromatic rings. The summed E-state index contributed by atoms with van der Waals surface area (Å²) in [6, 6.07) is 1.37. The van der Waals surface area contributed by atoms with Gasteiger partial charge in [-0.05, 0) is 11.5 Å². The minimum atomic E-state index is -1.05. The van der Waals surface area contributed by atoms with E-state index >= 15 is 0 Å². The van der Waals surface area contributed by atoms with Gasteiger partial charge in [-0.1, -0.05) is 20.8 Å². The molecule has 82 valence electrons. The van der Waals surface area contributed by atoms with Gasteiger partial charge in [-0.3, -0.25) is 4.79 Å². The normalized spacial score (nSPS) is 11.4. The summed E-state index contributed by atoms with van der Waals surface area (Å²) >= 11 is 0. The quantitative estimate of drug-likeness (QED) is 0.750. The summed E-state index contributed by atoms with van der Waals surface area (Å²) in [4.78, 5) is 24.8. The van der Waals surface area contributed by atoms with Gasteiger partial charge in [-0.25, -0.2) is 4.79 Å². The molecule has 0 aliphatic rings. The number of aromatic amines is 1. The fraction of sp³-hybridized carbons (Fsp3) is 0.455. The highest BCUT2D eigenvalue weighted by atomic mass is 16.4. The lowest BCUT2D eigenvalue weighted by Gasteiger charge is -2.15. The van der Waals surface area contributed by atoms with Crippen molar-refractivity contribution in [3.05, 3.63) is 23.5 Å². The van der Waals surface area contributed by atoms with Gasteiger partial charge in [0.2, 0.25) is 0 Å². The summed E-state index contributed by atoms with van der Waals surface area (Å²) in [5.41, 5.74) is 0.396. The lowest BCUT2D eigenvalue weighted by molar-refractivity contribution is 0.0691. The van der Waals surface area contributed by atoms with Gasteiger partial charge in [-0.15, -0.1) is 0 Å². The Morgan fingerprint density at radius 3 is 2.40 bits per heavy atom. The van der Waals surface area contributed by atoms with E-state index in [-0.39, 0.29) is 16.9 Å². The maximum absolute atomic E-state index is 11.7. The molecule has 0 unspecified atom stereocenters. The Morgan fingerprint density at radius 1 is 1.40 bits per heavy atom. The summed E-state index contributed by atoms with van der Waals surface area (Å²) in [7, 11) is 0. The van der Waals surface area contributed by atoms with Crippen LogP contribution in [0, 0.1) is 5.41 Å². The van der Waals surface area contributed by atoms with E-state index in [1.807, 2.05) is 20.8 Å². The molecule has 0 aromatic carbocycles. The Bertz CT molecular complexity index is 385. The first-order valence-electron chi connectivity index (χ1n) is 4.74. The van der Waals surface area contributed by atoms with Gasteiger partial charge in [0, 0.05) is 18.2 Å². The van der Waals surface area contributed by atoms with Gasteiger partial charge in [-0.2, -0.15) is 0 Å². The predicted octanol–water partition coefficient (Wildman–Crippen LogP) is 2.33. The second-order valence-electron chi connectivity index (χ2n) is 4.77.